The minimum atomic E-state index is -0.673. The van der Waals surface area contributed by atoms with Crippen molar-refractivity contribution < 1.29 is 18.8 Å². The molecule has 3 aromatic rings. The average Bonchev–Trinajstić information content (AvgIpc) is 3.09. The molecule has 126 valence electrons. The summed E-state index contributed by atoms with van der Waals surface area (Å²) in [7, 11) is 0. The highest BCUT2D eigenvalue weighted by molar-refractivity contribution is 5.94. The van der Waals surface area contributed by atoms with Crippen molar-refractivity contribution in [2.45, 2.75) is 6.92 Å². The van der Waals surface area contributed by atoms with E-state index in [0.29, 0.717) is 5.69 Å². The van der Waals surface area contributed by atoms with Crippen LogP contribution in [0.25, 0.3) is 11.3 Å². The van der Waals surface area contributed by atoms with Gasteiger partial charge in [-0.15, -0.1) is 0 Å². The zero-order valence-electron chi connectivity index (χ0n) is 13.4. The van der Waals surface area contributed by atoms with Crippen LogP contribution in [-0.4, -0.2) is 28.6 Å². The van der Waals surface area contributed by atoms with Crippen LogP contribution in [0.4, 0.5) is 5.88 Å². The highest BCUT2D eigenvalue weighted by Crippen LogP contribution is 2.21. The number of esters is 1. The number of pyridine rings is 1. The predicted octanol–water partition coefficient (Wildman–Crippen LogP) is 2.84. The molecule has 1 amide bonds. The molecule has 1 aromatic carbocycles. The Morgan fingerprint density at radius 3 is 2.68 bits per heavy atom. The third-order valence-electron chi connectivity index (χ3n) is 3.33. The number of anilines is 1. The second-order valence-electron chi connectivity index (χ2n) is 5.28. The second kappa shape index (κ2) is 7.39. The monoisotopic (exact) mass is 337 g/mol. The van der Waals surface area contributed by atoms with Crippen LogP contribution in [0, 0.1) is 6.92 Å². The van der Waals surface area contributed by atoms with E-state index in [1.807, 2.05) is 31.2 Å². The fourth-order valence-corrected chi connectivity index (χ4v) is 2.06. The maximum Gasteiger partial charge on any atom is 0.357 e. The van der Waals surface area contributed by atoms with Crippen LogP contribution in [0.5, 0.6) is 0 Å². The summed E-state index contributed by atoms with van der Waals surface area (Å²) < 4.78 is 9.97. The number of hydrogen-bond donors (Lipinski definition) is 1. The predicted molar refractivity (Wildman–Crippen MR) is 89.8 cm³/mol. The van der Waals surface area contributed by atoms with Gasteiger partial charge in [0.15, 0.2) is 6.61 Å². The molecular formula is C18H15N3O4. The van der Waals surface area contributed by atoms with E-state index in [0.717, 1.165) is 11.1 Å². The Labute approximate surface area is 143 Å². The van der Waals surface area contributed by atoms with Gasteiger partial charge in [0.05, 0.1) is 0 Å². The van der Waals surface area contributed by atoms with Crippen molar-refractivity contribution in [1.82, 2.24) is 10.1 Å². The topological polar surface area (TPSA) is 94.3 Å². The molecule has 2 aromatic heterocycles. The maximum absolute atomic E-state index is 11.8. The number of carbonyl (C=O) groups excluding carboxylic acids is 2. The maximum atomic E-state index is 11.8. The van der Waals surface area contributed by atoms with Crippen LogP contribution in [0.1, 0.15) is 16.1 Å². The van der Waals surface area contributed by atoms with Crippen molar-refractivity contribution in [3.63, 3.8) is 0 Å². The number of hydrogen-bond acceptors (Lipinski definition) is 6. The minimum absolute atomic E-state index is 0.136. The Morgan fingerprint density at radius 2 is 1.96 bits per heavy atom. The van der Waals surface area contributed by atoms with Gasteiger partial charge >= 0.3 is 5.97 Å². The summed E-state index contributed by atoms with van der Waals surface area (Å²) in [4.78, 5) is 27.4. The van der Waals surface area contributed by atoms with E-state index < -0.39 is 18.5 Å². The molecule has 3 rings (SSSR count). The number of amides is 1. The highest BCUT2D eigenvalue weighted by Gasteiger charge is 2.13. The van der Waals surface area contributed by atoms with Crippen molar-refractivity contribution in [2.24, 2.45) is 0 Å². The van der Waals surface area contributed by atoms with Crippen LogP contribution in [0.15, 0.2) is 59.3 Å². The van der Waals surface area contributed by atoms with E-state index in [1.165, 1.54) is 12.3 Å². The zero-order valence-corrected chi connectivity index (χ0v) is 13.4. The molecule has 0 saturated heterocycles. The van der Waals surface area contributed by atoms with Gasteiger partial charge in [0.2, 0.25) is 5.88 Å². The molecule has 2 heterocycles. The van der Waals surface area contributed by atoms with E-state index in [4.69, 9.17) is 9.26 Å². The Bertz CT molecular complexity index is 873. The third-order valence-corrected chi connectivity index (χ3v) is 3.33. The molecule has 7 nitrogen and oxygen atoms in total. The van der Waals surface area contributed by atoms with E-state index >= 15 is 0 Å². The number of carbonyl (C=O) groups is 2. The van der Waals surface area contributed by atoms with E-state index in [2.05, 4.69) is 15.5 Å². The molecule has 0 aliphatic carbocycles. The number of aryl methyl sites for hydroxylation is 1. The number of nitrogens with zero attached hydrogens (tertiary/aromatic N) is 2. The van der Waals surface area contributed by atoms with Crippen molar-refractivity contribution in [3.8, 4) is 11.3 Å². The summed E-state index contributed by atoms with van der Waals surface area (Å²) in [5.41, 5.74) is 2.74. The first kappa shape index (κ1) is 16.4. The Hall–Kier alpha value is -3.48. The minimum Gasteiger partial charge on any atom is -0.451 e. The molecule has 0 fully saturated rings. The van der Waals surface area contributed by atoms with Gasteiger partial charge in [0.25, 0.3) is 5.91 Å². The SMILES string of the molecule is Cc1ccc(-c2cc(NC(=O)COC(=O)c3ccccn3)on2)cc1. The molecule has 0 atom stereocenters. The van der Waals surface area contributed by atoms with Gasteiger partial charge in [-0.05, 0) is 19.1 Å². The quantitative estimate of drug-likeness (QED) is 0.720. The number of ether oxygens (including phenoxy) is 1. The smallest absolute Gasteiger partial charge is 0.357 e. The molecule has 0 aliphatic rings. The molecular weight excluding hydrogens is 322 g/mol. The van der Waals surface area contributed by atoms with Crippen molar-refractivity contribution in [2.75, 3.05) is 11.9 Å². The fourth-order valence-electron chi connectivity index (χ4n) is 2.06. The number of benzene rings is 1. The first-order valence-electron chi connectivity index (χ1n) is 7.53. The fraction of sp³-hybridized carbons (Fsp3) is 0.111. The Morgan fingerprint density at radius 1 is 1.16 bits per heavy atom. The summed E-state index contributed by atoms with van der Waals surface area (Å²) in [6.45, 7) is 1.54. The van der Waals surface area contributed by atoms with Gasteiger partial charge in [-0.1, -0.05) is 41.1 Å². The molecule has 0 unspecified atom stereocenters. The second-order valence-corrected chi connectivity index (χ2v) is 5.28. The van der Waals surface area contributed by atoms with Crippen molar-refractivity contribution >= 4 is 17.8 Å². The van der Waals surface area contributed by atoms with Gasteiger partial charge in [-0.2, -0.15) is 0 Å². The van der Waals surface area contributed by atoms with Crippen LogP contribution in [0.3, 0.4) is 0 Å². The lowest BCUT2D eigenvalue weighted by Crippen LogP contribution is -2.21. The Kier molecular flexibility index (Phi) is 4.84. The standard InChI is InChI=1S/C18H15N3O4/c1-12-5-7-13(8-6-12)15-10-17(25-21-15)20-16(22)11-24-18(23)14-4-2-3-9-19-14/h2-10H,11H2,1H3,(H,20,22). The molecule has 1 N–H and O–H groups in total. The normalized spacial score (nSPS) is 10.3. The zero-order chi connectivity index (χ0) is 17.6. The van der Waals surface area contributed by atoms with Gasteiger partial charge in [0.1, 0.15) is 11.4 Å². The van der Waals surface area contributed by atoms with Crippen LogP contribution < -0.4 is 5.32 Å². The van der Waals surface area contributed by atoms with Crippen LogP contribution in [-0.2, 0) is 9.53 Å². The molecule has 0 radical (unpaired) electrons. The first-order valence-corrected chi connectivity index (χ1v) is 7.53. The van der Waals surface area contributed by atoms with Gasteiger partial charge in [-0.25, -0.2) is 9.78 Å². The lowest BCUT2D eigenvalue weighted by Gasteiger charge is -2.03. The number of rotatable bonds is 5. The molecule has 25 heavy (non-hydrogen) atoms. The first-order chi connectivity index (χ1) is 12.1. The lowest BCUT2D eigenvalue weighted by molar-refractivity contribution is -0.119. The van der Waals surface area contributed by atoms with E-state index in [9.17, 15) is 9.59 Å². The van der Waals surface area contributed by atoms with Gasteiger partial charge < -0.3 is 9.26 Å². The summed E-state index contributed by atoms with van der Waals surface area (Å²) in [5.74, 6) is -1.03. The highest BCUT2D eigenvalue weighted by atomic mass is 16.5. The van der Waals surface area contributed by atoms with Gasteiger partial charge in [-0.3, -0.25) is 10.1 Å². The Balaban J connectivity index is 1.55. The molecule has 0 aliphatic heterocycles. The summed E-state index contributed by atoms with van der Waals surface area (Å²) in [5, 5.41) is 6.39. The largest absolute Gasteiger partial charge is 0.451 e. The van der Waals surface area contributed by atoms with E-state index in [-0.39, 0.29) is 11.6 Å². The number of aromatic nitrogens is 2. The van der Waals surface area contributed by atoms with E-state index in [1.54, 1.807) is 18.2 Å². The summed E-state index contributed by atoms with van der Waals surface area (Å²) in [6.07, 6.45) is 1.47. The molecule has 0 saturated carbocycles. The number of nitrogens with one attached hydrogen (secondary N) is 1. The molecule has 0 bridgehead atoms. The third kappa shape index (κ3) is 4.29. The lowest BCUT2D eigenvalue weighted by atomic mass is 10.1. The summed E-state index contributed by atoms with van der Waals surface area (Å²) >= 11 is 0. The van der Waals surface area contributed by atoms with Crippen LogP contribution >= 0.6 is 0 Å². The average molecular weight is 337 g/mol. The van der Waals surface area contributed by atoms with Crippen molar-refractivity contribution in [1.29, 1.82) is 0 Å². The molecule has 7 heteroatoms. The molecule has 0 spiro atoms. The van der Waals surface area contributed by atoms with Crippen molar-refractivity contribution in [3.05, 3.63) is 66.0 Å². The van der Waals surface area contributed by atoms with Crippen LogP contribution in [0.2, 0.25) is 0 Å². The van der Waals surface area contributed by atoms with Gasteiger partial charge in [0, 0.05) is 17.8 Å². The summed E-state index contributed by atoms with van der Waals surface area (Å²) in [6, 6.07) is 14.2.